The van der Waals surface area contributed by atoms with Crippen molar-refractivity contribution in [2.75, 3.05) is 6.61 Å². The van der Waals surface area contributed by atoms with Gasteiger partial charge in [0, 0.05) is 0 Å². The summed E-state index contributed by atoms with van der Waals surface area (Å²) in [5, 5.41) is 2.15. The van der Waals surface area contributed by atoms with Crippen molar-refractivity contribution in [3.63, 3.8) is 0 Å². The maximum atomic E-state index is 12.8. The number of rotatable bonds is 4. The van der Waals surface area contributed by atoms with E-state index >= 15 is 0 Å². The second-order valence-corrected chi connectivity index (χ2v) is 9.34. The zero-order valence-electron chi connectivity index (χ0n) is 19.5. The SMILES string of the molecule is CCOC(=O)c1cc2cccc(-c3ccc(C(C)(C)C)cc3)c2cc1-c1ccc(C)cc1. The summed E-state index contributed by atoms with van der Waals surface area (Å²) < 4.78 is 5.38. The second-order valence-electron chi connectivity index (χ2n) is 9.34. The number of fused-ring (bicyclic) bond motifs is 1. The highest BCUT2D eigenvalue weighted by Crippen LogP contribution is 2.36. The maximum absolute atomic E-state index is 12.8. The van der Waals surface area contributed by atoms with Crippen LogP contribution < -0.4 is 0 Å². The molecule has 0 saturated carbocycles. The van der Waals surface area contributed by atoms with Gasteiger partial charge in [-0.15, -0.1) is 0 Å². The summed E-state index contributed by atoms with van der Waals surface area (Å²) in [6, 6.07) is 27.5. The normalized spacial score (nSPS) is 11.5. The summed E-state index contributed by atoms with van der Waals surface area (Å²) >= 11 is 0. The van der Waals surface area contributed by atoms with Crippen LogP contribution in [0.15, 0.2) is 78.9 Å². The Kier molecular flexibility index (Phi) is 5.88. The van der Waals surface area contributed by atoms with E-state index in [2.05, 4.69) is 100 Å². The Labute approximate surface area is 190 Å². The van der Waals surface area contributed by atoms with Crippen LogP contribution in [-0.4, -0.2) is 12.6 Å². The molecule has 32 heavy (non-hydrogen) atoms. The van der Waals surface area contributed by atoms with Crippen LogP contribution >= 0.6 is 0 Å². The first kappa shape index (κ1) is 21.8. The molecule has 4 rings (SSSR count). The first-order chi connectivity index (χ1) is 15.3. The van der Waals surface area contributed by atoms with Crippen molar-refractivity contribution in [1.82, 2.24) is 0 Å². The van der Waals surface area contributed by atoms with Gasteiger partial charge in [-0.05, 0) is 70.0 Å². The molecule has 0 aliphatic rings. The van der Waals surface area contributed by atoms with E-state index < -0.39 is 0 Å². The van der Waals surface area contributed by atoms with E-state index in [0.717, 1.165) is 27.5 Å². The van der Waals surface area contributed by atoms with Crippen molar-refractivity contribution in [2.45, 2.75) is 40.0 Å². The average molecular weight is 423 g/mol. The largest absolute Gasteiger partial charge is 0.462 e. The first-order valence-electron chi connectivity index (χ1n) is 11.2. The van der Waals surface area contributed by atoms with Crippen LogP contribution in [0.2, 0.25) is 0 Å². The topological polar surface area (TPSA) is 26.3 Å². The number of carbonyl (C=O) groups is 1. The van der Waals surface area contributed by atoms with Gasteiger partial charge in [-0.2, -0.15) is 0 Å². The van der Waals surface area contributed by atoms with Gasteiger partial charge < -0.3 is 4.74 Å². The fraction of sp³-hybridized carbons (Fsp3) is 0.233. The van der Waals surface area contributed by atoms with E-state index in [0.29, 0.717) is 12.2 Å². The highest BCUT2D eigenvalue weighted by Gasteiger charge is 2.18. The van der Waals surface area contributed by atoms with Crippen molar-refractivity contribution >= 4 is 16.7 Å². The summed E-state index contributed by atoms with van der Waals surface area (Å²) in [4.78, 5) is 12.8. The van der Waals surface area contributed by atoms with Gasteiger partial charge in [-0.3, -0.25) is 0 Å². The van der Waals surface area contributed by atoms with Crippen LogP contribution in [0.25, 0.3) is 33.0 Å². The molecule has 0 aliphatic carbocycles. The lowest BCUT2D eigenvalue weighted by Crippen LogP contribution is -2.10. The molecule has 0 spiro atoms. The number of ether oxygens (including phenoxy) is 1. The Bertz CT molecular complexity index is 1260. The molecule has 0 radical (unpaired) electrons. The monoisotopic (exact) mass is 422 g/mol. The predicted molar refractivity (Wildman–Crippen MR) is 134 cm³/mol. The number of benzene rings is 4. The summed E-state index contributed by atoms with van der Waals surface area (Å²) in [6.45, 7) is 10.9. The van der Waals surface area contributed by atoms with Gasteiger partial charge >= 0.3 is 5.97 Å². The van der Waals surface area contributed by atoms with E-state index in [9.17, 15) is 4.79 Å². The zero-order chi connectivity index (χ0) is 22.9. The number of esters is 1. The number of aryl methyl sites for hydroxylation is 1. The Morgan fingerprint density at radius 1 is 0.812 bits per heavy atom. The van der Waals surface area contributed by atoms with Crippen LogP contribution in [0.3, 0.4) is 0 Å². The van der Waals surface area contributed by atoms with Gasteiger partial charge in [0.15, 0.2) is 0 Å². The van der Waals surface area contributed by atoms with Crippen LogP contribution in [0.5, 0.6) is 0 Å². The van der Waals surface area contributed by atoms with Crippen LogP contribution in [0, 0.1) is 6.92 Å². The van der Waals surface area contributed by atoms with E-state index in [4.69, 9.17) is 4.74 Å². The molecule has 0 heterocycles. The Balaban J connectivity index is 1.92. The predicted octanol–water partition coefficient (Wildman–Crippen LogP) is 7.96. The third kappa shape index (κ3) is 4.31. The van der Waals surface area contributed by atoms with Crippen molar-refractivity contribution in [2.24, 2.45) is 0 Å². The summed E-state index contributed by atoms with van der Waals surface area (Å²) in [5.74, 6) is -0.287. The highest BCUT2D eigenvalue weighted by molar-refractivity contribution is 6.06. The minimum absolute atomic E-state index is 0.116. The molecule has 2 heteroatoms. The molecule has 0 atom stereocenters. The van der Waals surface area contributed by atoms with Crippen LogP contribution in [0.4, 0.5) is 0 Å². The van der Waals surface area contributed by atoms with Gasteiger partial charge in [0.2, 0.25) is 0 Å². The number of carbonyl (C=O) groups excluding carboxylic acids is 1. The molecular formula is C30H30O2. The molecule has 0 fully saturated rings. The number of hydrogen-bond donors (Lipinski definition) is 0. The Morgan fingerprint density at radius 3 is 2.06 bits per heavy atom. The molecule has 0 N–H and O–H groups in total. The standard InChI is InChI=1S/C30H30O2/c1-6-32-29(31)28-18-23-8-7-9-25(21-14-16-24(17-15-21)30(3,4)5)27(23)19-26(28)22-12-10-20(2)11-13-22/h7-19H,6H2,1-5H3. The highest BCUT2D eigenvalue weighted by atomic mass is 16.5. The summed E-state index contributed by atoms with van der Waals surface area (Å²) in [7, 11) is 0. The van der Waals surface area contributed by atoms with E-state index in [-0.39, 0.29) is 11.4 Å². The van der Waals surface area contributed by atoms with Gasteiger partial charge in [0.05, 0.1) is 12.2 Å². The number of hydrogen-bond acceptors (Lipinski definition) is 2. The molecule has 0 unspecified atom stereocenters. The third-order valence-electron chi connectivity index (χ3n) is 5.94. The molecule has 0 saturated heterocycles. The lowest BCUT2D eigenvalue weighted by Gasteiger charge is -2.19. The van der Waals surface area contributed by atoms with Crippen molar-refractivity contribution < 1.29 is 9.53 Å². The molecule has 4 aromatic rings. The zero-order valence-corrected chi connectivity index (χ0v) is 19.5. The van der Waals surface area contributed by atoms with Crippen molar-refractivity contribution in [1.29, 1.82) is 0 Å². The van der Waals surface area contributed by atoms with E-state index in [1.807, 2.05) is 13.0 Å². The van der Waals surface area contributed by atoms with Crippen LogP contribution in [-0.2, 0) is 10.2 Å². The molecule has 0 bridgehead atoms. The Morgan fingerprint density at radius 2 is 1.44 bits per heavy atom. The summed E-state index contributed by atoms with van der Waals surface area (Å²) in [5.41, 5.74) is 7.45. The minimum atomic E-state index is -0.287. The minimum Gasteiger partial charge on any atom is -0.462 e. The molecular weight excluding hydrogens is 392 g/mol. The molecule has 2 nitrogen and oxygen atoms in total. The van der Waals surface area contributed by atoms with Gasteiger partial charge in [0.1, 0.15) is 0 Å². The quantitative estimate of drug-likeness (QED) is 0.312. The molecule has 4 aromatic carbocycles. The van der Waals surface area contributed by atoms with E-state index in [1.54, 1.807) is 0 Å². The van der Waals surface area contributed by atoms with Gasteiger partial charge in [0.25, 0.3) is 0 Å². The van der Waals surface area contributed by atoms with E-state index in [1.165, 1.54) is 16.7 Å². The Hall–Kier alpha value is -3.39. The van der Waals surface area contributed by atoms with Crippen molar-refractivity contribution in [3.8, 4) is 22.3 Å². The fourth-order valence-corrected chi connectivity index (χ4v) is 4.08. The lowest BCUT2D eigenvalue weighted by atomic mass is 9.85. The second kappa shape index (κ2) is 8.63. The third-order valence-corrected chi connectivity index (χ3v) is 5.94. The average Bonchev–Trinajstić information content (AvgIpc) is 2.78. The fourth-order valence-electron chi connectivity index (χ4n) is 4.08. The summed E-state index contributed by atoms with van der Waals surface area (Å²) in [6.07, 6.45) is 0. The molecule has 0 aromatic heterocycles. The molecule has 162 valence electrons. The van der Waals surface area contributed by atoms with Gasteiger partial charge in [-0.25, -0.2) is 4.79 Å². The van der Waals surface area contributed by atoms with Crippen LogP contribution in [0.1, 0.15) is 49.2 Å². The van der Waals surface area contributed by atoms with Crippen molar-refractivity contribution in [3.05, 3.63) is 95.6 Å². The molecule has 0 amide bonds. The smallest absolute Gasteiger partial charge is 0.338 e. The maximum Gasteiger partial charge on any atom is 0.338 e. The van der Waals surface area contributed by atoms with Gasteiger partial charge in [-0.1, -0.05) is 93.1 Å². The lowest BCUT2D eigenvalue weighted by molar-refractivity contribution is 0.0527. The first-order valence-corrected chi connectivity index (χ1v) is 11.2. The molecule has 0 aliphatic heterocycles.